The quantitative estimate of drug-likeness (QED) is 0.599. The van der Waals surface area contributed by atoms with Gasteiger partial charge in [0.1, 0.15) is 11.2 Å². The molecule has 0 saturated heterocycles. The molecule has 0 radical (unpaired) electrons. The molecule has 2 amide bonds. The first-order valence-corrected chi connectivity index (χ1v) is 8.39. The highest BCUT2D eigenvalue weighted by Crippen LogP contribution is 2.22. The van der Waals surface area contributed by atoms with Gasteiger partial charge in [-0.1, -0.05) is 0 Å². The van der Waals surface area contributed by atoms with E-state index in [-0.39, 0.29) is 6.61 Å². The van der Waals surface area contributed by atoms with Crippen LogP contribution >= 0.6 is 0 Å². The molecular weight excluding hydrogens is 351 g/mol. The standard InChI is InChI=1S/C20H21FN2O4/c1-4-27-17(24)13-5-9-15(10-6-13)22-18(25)20(2,3)19(26)23-16-11-7-14(21)8-12-16/h5-12H,4H2,1-3H3,(H,22,25)(H,23,26). The van der Waals surface area contributed by atoms with Gasteiger partial charge in [0, 0.05) is 11.4 Å². The monoisotopic (exact) mass is 372 g/mol. The Morgan fingerprint density at radius 3 is 1.78 bits per heavy atom. The van der Waals surface area contributed by atoms with Crippen LogP contribution in [-0.4, -0.2) is 24.4 Å². The Morgan fingerprint density at radius 1 is 0.889 bits per heavy atom. The lowest BCUT2D eigenvalue weighted by Gasteiger charge is -2.22. The van der Waals surface area contributed by atoms with E-state index in [1.165, 1.54) is 50.2 Å². The van der Waals surface area contributed by atoms with Gasteiger partial charge in [-0.25, -0.2) is 9.18 Å². The molecule has 0 bridgehead atoms. The van der Waals surface area contributed by atoms with Gasteiger partial charge in [-0.05, 0) is 69.3 Å². The van der Waals surface area contributed by atoms with Crippen molar-refractivity contribution < 1.29 is 23.5 Å². The minimum atomic E-state index is -1.38. The molecule has 0 atom stereocenters. The lowest BCUT2D eigenvalue weighted by atomic mass is 9.90. The fourth-order valence-corrected chi connectivity index (χ4v) is 2.12. The Kier molecular flexibility index (Phi) is 6.28. The summed E-state index contributed by atoms with van der Waals surface area (Å²) in [6.45, 7) is 4.95. The second-order valence-corrected chi connectivity index (χ2v) is 6.34. The lowest BCUT2D eigenvalue weighted by Crippen LogP contribution is -2.41. The number of carbonyl (C=O) groups excluding carboxylic acids is 3. The molecule has 0 aliphatic carbocycles. The van der Waals surface area contributed by atoms with Gasteiger partial charge in [0.15, 0.2) is 0 Å². The highest BCUT2D eigenvalue weighted by molar-refractivity contribution is 6.14. The van der Waals surface area contributed by atoms with Crippen LogP contribution in [0.2, 0.25) is 0 Å². The summed E-state index contributed by atoms with van der Waals surface area (Å²) in [5.74, 6) is -1.92. The number of carbonyl (C=O) groups is 3. The lowest BCUT2D eigenvalue weighted by molar-refractivity contribution is -0.135. The number of rotatable bonds is 6. The Balaban J connectivity index is 2.03. The predicted molar refractivity (Wildman–Crippen MR) is 99.8 cm³/mol. The first kappa shape index (κ1) is 20.1. The number of hydrogen-bond acceptors (Lipinski definition) is 4. The van der Waals surface area contributed by atoms with Crippen LogP contribution in [0.3, 0.4) is 0 Å². The Bertz CT molecular complexity index is 830. The third-order valence-electron chi connectivity index (χ3n) is 3.89. The van der Waals surface area contributed by atoms with Gasteiger partial charge in [-0.3, -0.25) is 9.59 Å². The smallest absolute Gasteiger partial charge is 0.338 e. The number of benzene rings is 2. The molecule has 6 nitrogen and oxygen atoms in total. The van der Waals surface area contributed by atoms with Crippen LogP contribution in [0.25, 0.3) is 0 Å². The van der Waals surface area contributed by atoms with E-state index in [0.717, 1.165) is 0 Å². The van der Waals surface area contributed by atoms with E-state index in [1.54, 1.807) is 19.1 Å². The summed E-state index contributed by atoms with van der Waals surface area (Å²) in [6.07, 6.45) is 0. The highest BCUT2D eigenvalue weighted by Gasteiger charge is 2.36. The molecule has 0 unspecified atom stereocenters. The van der Waals surface area contributed by atoms with Crippen molar-refractivity contribution in [1.29, 1.82) is 0 Å². The summed E-state index contributed by atoms with van der Waals surface area (Å²) in [4.78, 5) is 36.6. The normalized spacial score (nSPS) is 10.8. The Labute approximate surface area is 156 Å². The first-order chi connectivity index (χ1) is 12.7. The third kappa shape index (κ3) is 5.13. The molecule has 27 heavy (non-hydrogen) atoms. The van der Waals surface area contributed by atoms with E-state index in [9.17, 15) is 18.8 Å². The van der Waals surface area contributed by atoms with E-state index < -0.39 is 29.0 Å². The number of nitrogens with one attached hydrogen (secondary N) is 2. The molecule has 2 rings (SSSR count). The summed E-state index contributed by atoms with van der Waals surface area (Å²) in [5.41, 5.74) is -0.186. The van der Waals surface area contributed by atoms with Gasteiger partial charge < -0.3 is 15.4 Å². The number of esters is 1. The van der Waals surface area contributed by atoms with Crippen molar-refractivity contribution in [3.63, 3.8) is 0 Å². The zero-order valence-electron chi connectivity index (χ0n) is 15.3. The summed E-state index contributed by atoms with van der Waals surface area (Å²) < 4.78 is 17.8. The van der Waals surface area contributed by atoms with Crippen molar-refractivity contribution in [2.45, 2.75) is 20.8 Å². The topological polar surface area (TPSA) is 84.5 Å². The molecule has 0 aromatic heterocycles. The Morgan fingerprint density at radius 2 is 1.33 bits per heavy atom. The average molecular weight is 372 g/mol. The number of ether oxygens (including phenoxy) is 1. The average Bonchev–Trinajstić information content (AvgIpc) is 2.64. The van der Waals surface area contributed by atoms with Crippen LogP contribution < -0.4 is 10.6 Å². The summed E-state index contributed by atoms with van der Waals surface area (Å²) in [6, 6.07) is 11.4. The van der Waals surface area contributed by atoms with Crippen LogP contribution in [0.4, 0.5) is 15.8 Å². The van der Waals surface area contributed by atoms with Gasteiger partial charge in [0.25, 0.3) is 0 Å². The number of hydrogen-bond donors (Lipinski definition) is 2. The number of amides is 2. The molecular formula is C20H21FN2O4. The van der Waals surface area contributed by atoms with Crippen LogP contribution in [-0.2, 0) is 14.3 Å². The van der Waals surface area contributed by atoms with Gasteiger partial charge in [0.2, 0.25) is 11.8 Å². The molecule has 2 N–H and O–H groups in total. The predicted octanol–water partition coefficient (Wildman–Crippen LogP) is 3.61. The minimum absolute atomic E-state index is 0.272. The third-order valence-corrected chi connectivity index (χ3v) is 3.89. The molecule has 2 aromatic carbocycles. The van der Waals surface area contributed by atoms with Crippen molar-refractivity contribution in [2.24, 2.45) is 5.41 Å². The van der Waals surface area contributed by atoms with Crippen LogP contribution in [0.15, 0.2) is 48.5 Å². The fraction of sp³-hybridized carbons (Fsp3) is 0.250. The van der Waals surface area contributed by atoms with Gasteiger partial charge >= 0.3 is 5.97 Å². The molecule has 0 saturated carbocycles. The van der Waals surface area contributed by atoms with E-state index in [0.29, 0.717) is 16.9 Å². The first-order valence-electron chi connectivity index (χ1n) is 8.39. The maximum Gasteiger partial charge on any atom is 0.338 e. The van der Waals surface area contributed by atoms with Crippen LogP contribution in [0.5, 0.6) is 0 Å². The molecule has 0 aliphatic heterocycles. The van der Waals surface area contributed by atoms with Crippen molar-refractivity contribution in [3.8, 4) is 0 Å². The van der Waals surface area contributed by atoms with Gasteiger partial charge in [0.05, 0.1) is 12.2 Å². The van der Waals surface area contributed by atoms with Crippen molar-refractivity contribution in [1.82, 2.24) is 0 Å². The number of halogens is 1. The maximum atomic E-state index is 12.9. The minimum Gasteiger partial charge on any atom is -0.462 e. The molecule has 0 spiro atoms. The molecule has 142 valence electrons. The molecule has 7 heteroatoms. The molecule has 0 fully saturated rings. The van der Waals surface area contributed by atoms with E-state index in [4.69, 9.17) is 4.74 Å². The molecule has 2 aromatic rings. The molecule has 0 aliphatic rings. The Hall–Kier alpha value is -3.22. The van der Waals surface area contributed by atoms with Gasteiger partial charge in [-0.2, -0.15) is 0 Å². The second kappa shape index (κ2) is 8.44. The number of anilines is 2. The highest BCUT2D eigenvalue weighted by atomic mass is 19.1. The van der Waals surface area contributed by atoms with Crippen molar-refractivity contribution in [3.05, 3.63) is 59.9 Å². The zero-order valence-corrected chi connectivity index (χ0v) is 15.3. The van der Waals surface area contributed by atoms with Crippen molar-refractivity contribution in [2.75, 3.05) is 17.2 Å². The van der Waals surface area contributed by atoms with E-state index in [2.05, 4.69) is 10.6 Å². The van der Waals surface area contributed by atoms with E-state index in [1.807, 2.05) is 0 Å². The largest absolute Gasteiger partial charge is 0.462 e. The maximum absolute atomic E-state index is 12.9. The summed E-state index contributed by atoms with van der Waals surface area (Å²) >= 11 is 0. The van der Waals surface area contributed by atoms with E-state index >= 15 is 0 Å². The van der Waals surface area contributed by atoms with Crippen LogP contribution in [0.1, 0.15) is 31.1 Å². The summed E-state index contributed by atoms with van der Waals surface area (Å²) in [5, 5.41) is 5.23. The van der Waals surface area contributed by atoms with Crippen molar-refractivity contribution >= 4 is 29.2 Å². The van der Waals surface area contributed by atoms with Gasteiger partial charge in [-0.15, -0.1) is 0 Å². The SMILES string of the molecule is CCOC(=O)c1ccc(NC(=O)C(C)(C)C(=O)Nc2ccc(F)cc2)cc1. The fourth-order valence-electron chi connectivity index (χ4n) is 2.12. The molecule has 0 heterocycles. The zero-order chi connectivity index (χ0) is 20.0. The summed E-state index contributed by atoms with van der Waals surface area (Å²) in [7, 11) is 0. The van der Waals surface area contributed by atoms with Crippen LogP contribution in [0, 0.1) is 11.2 Å². The second-order valence-electron chi connectivity index (χ2n) is 6.34.